The van der Waals surface area contributed by atoms with E-state index in [-0.39, 0.29) is 140 Å². The summed E-state index contributed by atoms with van der Waals surface area (Å²) in [4.78, 5) is 0. The van der Waals surface area contributed by atoms with Gasteiger partial charge in [-0.25, -0.2) is 0 Å². The Morgan fingerprint density at radius 1 is 0.308 bits per heavy atom. The van der Waals surface area contributed by atoms with Crippen LogP contribution in [0.3, 0.4) is 0 Å². The molecule has 8 nitrogen and oxygen atoms in total. The van der Waals surface area contributed by atoms with E-state index in [9.17, 15) is 0 Å². The molecule has 0 saturated heterocycles. The molecule has 0 aromatic heterocycles. The van der Waals surface area contributed by atoms with Gasteiger partial charge in [-0.2, -0.15) is 19.8 Å². The van der Waals surface area contributed by atoms with Crippen molar-refractivity contribution in [2.24, 2.45) is 0 Å². The summed E-state index contributed by atoms with van der Waals surface area (Å²) in [6.07, 6.45) is 0. The zero-order valence-electron chi connectivity index (χ0n) is 7.99. The summed E-state index contributed by atoms with van der Waals surface area (Å²) < 4.78 is 0. The van der Waals surface area contributed by atoms with Gasteiger partial charge in [0.25, 0.3) is 0 Å². The molecule has 13 heavy (non-hydrogen) atoms. The van der Waals surface area contributed by atoms with Crippen LogP contribution < -0.4 is 0 Å². The van der Waals surface area contributed by atoms with Crippen molar-refractivity contribution in [3.05, 3.63) is 0 Å². The number of hydrogen-bond acceptors (Lipinski definition) is 0. The second-order valence-electron chi connectivity index (χ2n) is 0. The molecular formula is H22AlNa2O8P2. The van der Waals surface area contributed by atoms with E-state index in [1.54, 1.807) is 0 Å². The Morgan fingerprint density at radius 3 is 0.308 bits per heavy atom. The molecule has 2 unspecified atom stereocenters. The fourth-order valence-corrected chi connectivity index (χ4v) is 0. The monoisotopic (exact) mass is 285 g/mol. The fourth-order valence-electron chi connectivity index (χ4n) is 0. The van der Waals surface area contributed by atoms with Crippen LogP contribution in [-0.2, 0) is 0 Å². The SMILES string of the molecule is O.O.O.O.O.O.O.O.P.P.[Al].[Na].[Na]. The molecule has 85 valence electrons. The van der Waals surface area contributed by atoms with Crippen molar-refractivity contribution in [3.8, 4) is 0 Å². The molecule has 2 atom stereocenters. The minimum atomic E-state index is 0. The Morgan fingerprint density at radius 2 is 0.308 bits per heavy atom. The molecule has 0 bridgehead atoms. The van der Waals surface area contributed by atoms with E-state index in [0.29, 0.717) is 0 Å². The van der Waals surface area contributed by atoms with Gasteiger partial charge in [-0.05, 0) is 0 Å². The van der Waals surface area contributed by atoms with E-state index in [2.05, 4.69) is 0 Å². The van der Waals surface area contributed by atoms with E-state index >= 15 is 0 Å². The Balaban J connectivity index is 0. The topological polar surface area (TPSA) is 252 Å². The first-order valence-corrected chi connectivity index (χ1v) is 0. The minimum absolute atomic E-state index is 0. The first-order chi connectivity index (χ1) is 0. The average Bonchev–Trinajstić information content (AvgIpc) is 0. The van der Waals surface area contributed by atoms with Crippen molar-refractivity contribution in [1.29, 1.82) is 0 Å². The van der Waals surface area contributed by atoms with Crippen molar-refractivity contribution in [2.75, 3.05) is 0 Å². The first kappa shape index (κ1) is 387. The van der Waals surface area contributed by atoms with Gasteiger partial charge in [-0.15, -0.1) is 0 Å². The molecule has 0 aliphatic heterocycles. The van der Waals surface area contributed by atoms with Crippen molar-refractivity contribution < 1.29 is 43.8 Å². The summed E-state index contributed by atoms with van der Waals surface area (Å²) in [6.45, 7) is 0. The van der Waals surface area contributed by atoms with Crippen LogP contribution in [0.4, 0.5) is 0 Å². The standard InChI is InChI=1S/Al.2Na.8H2O.2H3P/h;;;8*1H2;2*1H3. The van der Waals surface area contributed by atoms with Gasteiger partial charge in [0.1, 0.15) is 0 Å². The van der Waals surface area contributed by atoms with Gasteiger partial charge < -0.3 is 43.8 Å². The maximum Gasteiger partial charge on any atom is 0 e. The molecule has 13 heteroatoms. The smallest absolute Gasteiger partial charge is 0 e. The minimum Gasteiger partial charge on any atom is -0.412 e. The van der Waals surface area contributed by atoms with Gasteiger partial charge in [0.2, 0.25) is 0 Å². The molecular weight excluding hydrogens is 263 g/mol. The first-order valence-electron chi connectivity index (χ1n) is 0. The van der Waals surface area contributed by atoms with Gasteiger partial charge in [-0.1, -0.05) is 0 Å². The van der Waals surface area contributed by atoms with Gasteiger partial charge >= 0.3 is 0 Å². The third-order valence-electron chi connectivity index (χ3n) is 0. The Kier molecular flexibility index (Phi) is 9410. The van der Waals surface area contributed by atoms with E-state index in [1.807, 2.05) is 0 Å². The molecule has 16 N–H and O–H groups in total. The van der Waals surface area contributed by atoms with Gasteiger partial charge in [0.15, 0.2) is 0 Å². The van der Waals surface area contributed by atoms with Crippen LogP contribution in [0.1, 0.15) is 0 Å². The second kappa shape index (κ2) is 316. The van der Waals surface area contributed by atoms with Crippen LogP contribution >= 0.6 is 19.8 Å². The Hall–Kier alpha value is 3.07. The predicted octanol–water partition coefficient (Wildman–Crippen LogP) is -7.62. The molecule has 0 heterocycles. The number of hydrogen-bond donors (Lipinski definition) is 0. The molecule has 5 radical (unpaired) electrons. The zero-order valence-corrected chi connectivity index (χ0v) is 16.0. The predicted molar refractivity (Wildman–Crippen MR) is 68.4 cm³/mol. The van der Waals surface area contributed by atoms with E-state index in [0.717, 1.165) is 0 Å². The molecule has 0 amide bonds. The van der Waals surface area contributed by atoms with Crippen LogP contribution in [0, 0.1) is 0 Å². The molecule has 0 fully saturated rings. The quantitative estimate of drug-likeness (QED) is 0.296. The van der Waals surface area contributed by atoms with Crippen molar-refractivity contribution in [3.63, 3.8) is 0 Å². The molecule has 0 aromatic carbocycles. The molecule has 0 saturated carbocycles. The van der Waals surface area contributed by atoms with E-state index < -0.39 is 0 Å². The van der Waals surface area contributed by atoms with E-state index in [4.69, 9.17) is 0 Å². The summed E-state index contributed by atoms with van der Waals surface area (Å²) in [5.74, 6) is 0. The molecule has 0 aliphatic rings. The summed E-state index contributed by atoms with van der Waals surface area (Å²) in [6, 6.07) is 0. The molecule has 0 spiro atoms. The molecule has 0 aliphatic carbocycles. The maximum atomic E-state index is 0. The summed E-state index contributed by atoms with van der Waals surface area (Å²) >= 11 is 0. The molecule has 0 aromatic rings. The summed E-state index contributed by atoms with van der Waals surface area (Å²) in [5, 5.41) is 0. The second-order valence-corrected chi connectivity index (χ2v) is 0. The Bertz CT molecular complexity index is 20.1. The fraction of sp³-hybridized carbons (Fsp3) is 0. The van der Waals surface area contributed by atoms with Crippen LogP contribution in [0.5, 0.6) is 0 Å². The third kappa shape index (κ3) is 273. The van der Waals surface area contributed by atoms with Gasteiger partial charge in [-0.3, -0.25) is 0 Å². The van der Waals surface area contributed by atoms with Crippen molar-refractivity contribution in [1.82, 2.24) is 0 Å². The largest absolute Gasteiger partial charge is 0.412 e. The van der Waals surface area contributed by atoms with Crippen LogP contribution in [0.15, 0.2) is 0 Å². The van der Waals surface area contributed by atoms with Crippen LogP contribution in [0.25, 0.3) is 0 Å². The molecule has 0 rings (SSSR count). The van der Waals surface area contributed by atoms with E-state index in [1.165, 1.54) is 0 Å². The number of rotatable bonds is 0. The average molecular weight is 285 g/mol. The normalized spacial score (nSPS) is 0. The van der Waals surface area contributed by atoms with Gasteiger partial charge in [0, 0.05) is 76.5 Å². The van der Waals surface area contributed by atoms with Crippen LogP contribution in [0.2, 0.25) is 0 Å². The van der Waals surface area contributed by atoms with Crippen molar-refractivity contribution >= 4 is 96.3 Å². The van der Waals surface area contributed by atoms with Crippen molar-refractivity contribution in [2.45, 2.75) is 0 Å². The third-order valence-corrected chi connectivity index (χ3v) is 0. The maximum absolute atomic E-state index is 0. The Labute approximate surface area is 138 Å². The van der Waals surface area contributed by atoms with Crippen LogP contribution in [-0.4, -0.2) is 120 Å². The summed E-state index contributed by atoms with van der Waals surface area (Å²) in [7, 11) is 0. The summed E-state index contributed by atoms with van der Waals surface area (Å²) in [5.41, 5.74) is 0. The van der Waals surface area contributed by atoms with Gasteiger partial charge in [0.05, 0.1) is 0 Å². The zero-order chi connectivity index (χ0) is 0.